The van der Waals surface area contributed by atoms with E-state index in [1.165, 1.54) is 47.8 Å². The maximum atomic E-state index is 13.0. The van der Waals surface area contributed by atoms with Crippen molar-refractivity contribution in [2.75, 3.05) is 5.32 Å². The maximum absolute atomic E-state index is 13.0. The Morgan fingerprint density at radius 1 is 1.04 bits per heavy atom. The predicted octanol–water partition coefficient (Wildman–Crippen LogP) is 5.42. The van der Waals surface area contributed by atoms with Crippen LogP contribution in [0.15, 0.2) is 58.8 Å². The number of nitrogens with one attached hydrogen (secondary N) is 1. The van der Waals surface area contributed by atoms with Gasteiger partial charge in [-0.1, -0.05) is 29.3 Å². The van der Waals surface area contributed by atoms with Gasteiger partial charge in [0.2, 0.25) is 0 Å². The minimum Gasteiger partial charge on any atom is -0.321 e. The van der Waals surface area contributed by atoms with Crippen molar-refractivity contribution in [3.8, 4) is 0 Å². The van der Waals surface area contributed by atoms with Crippen LogP contribution in [0.4, 0.5) is 10.1 Å². The molecule has 0 aliphatic rings. The Morgan fingerprint density at radius 2 is 1.74 bits per heavy atom. The summed E-state index contributed by atoms with van der Waals surface area (Å²) < 4.78 is 38.5. The molecule has 0 fully saturated rings. The van der Waals surface area contributed by atoms with Gasteiger partial charge in [0.05, 0.1) is 20.7 Å². The molecular weight excluding hydrogens is 432 g/mol. The minimum absolute atomic E-state index is 0.0550. The van der Waals surface area contributed by atoms with Gasteiger partial charge >= 0.3 is 0 Å². The second kappa shape index (κ2) is 7.98. The van der Waals surface area contributed by atoms with Crippen molar-refractivity contribution in [1.82, 2.24) is 0 Å². The first-order valence-electron chi connectivity index (χ1n) is 7.57. The van der Waals surface area contributed by atoms with Crippen molar-refractivity contribution in [3.05, 3.63) is 80.2 Å². The van der Waals surface area contributed by atoms with Gasteiger partial charge < -0.3 is 5.32 Å². The molecule has 0 radical (unpaired) electrons. The normalized spacial score (nSPS) is 11.4. The molecule has 3 rings (SSSR count). The van der Waals surface area contributed by atoms with Crippen LogP contribution in [-0.2, 0) is 15.6 Å². The summed E-state index contributed by atoms with van der Waals surface area (Å²) in [4.78, 5) is 12.5. The molecule has 9 heteroatoms. The van der Waals surface area contributed by atoms with Crippen LogP contribution in [-0.4, -0.2) is 14.3 Å². The largest absolute Gasteiger partial charge is 0.321 e. The van der Waals surface area contributed by atoms with Gasteiger partial charge in [0, 0.05) is 5.69 Å². The Morgan fingerprint density at radius 3 is 2.41 bits per heavy atom. The average Bonchev–Trinajstić information content (AvgIpc) is 3.11. The summed E-state index contributed by atoms with van der Waals surface area (Å²) in [7, 11) is -3.79. The number of rotatable bonds is 5. The van der Waals surface area contributed by atoms with Crippen molar-refractivity contribution in [2.24, 2.45) is 0 Å². The number of thiophene rings is 1. The highest BCUT2D eigenvalue weighted by Gasteiger charge is 2.25. The topological polar surface area (TPSA) is 63.2 Å². The third kappa shape index (κ3) is 4.68. The predicted molar refractivity (Wildman–Crippen MR) is 106 cm³/mol. The molecule has 1 aromatic heterocycles. The van der Waals surface area contributed by atoms with E-state index in [-0.39, 0.29) is 20.5 Å². The van der Waals surface area contributed by atoms with E-state index in [0.717, 1.165) is 11.3 Å². The van der Waals surface area contributed by atoms with Crippen molar-refractivity contribution >= 4 is 56.0 Å². The van der Waals surface area contributed by atoms with Crippen LogP contribution < -0.4 is 5.32 Å². The quantitative estimate of drug-likeness (QED) is 0.572. The van der Waals surface area contributed by atoms with Gasteiger partial charge in [0.15, 0.2) is 9.84 Å². The zero-order valence-electron chi connectivity index (χ0n) is 13.6. The molecule has 0 unspecified atom stereocenters. The maximum Gasteiger partial charge on any atom is 0.267 e. The molecule has 3 aromatic rings. The molecule has 1 N–H and O–H groups in total. The lowest BCUT2D eigenvalue weighted by atomic mass is 10.2. The van der Waals surface area contributed by atoms with Gasteiger partial charge in [0.25, 0.3) is 5.91 Å². The Balaban J connectivity index is 1.85. The van der Waals surface area contributed by atoms with Crippen LogP contribution in [0.25, 0.3) is 0 Å². The molecule has 0 aliphatic heterocycles. The van der Waals surface area contributed by atoms with Crippen molar-refractivity contribution in [2.45, 2.75) is 10.6 Å². The van der Waals surface area contributed by atoms with E-state index in [9.17, 15) is 17.6 Å². The number of anilines is 1. The van der Waals surface area contributed by atoms with Crippen LogP contribution in [0.3, 0.4) is 0 Å². The molecule has 1 heterocycles. The fourth-order valence-electron chi connectivity index (χ4n) is 2.36. The molecule has 0 atom stereocenters. The van der Waals surface area contributed by atoms with E-state index < -0.39 is 21.6 Å². The number of halogens is 3. The van der Waals surface area contributed by atoms with E-state index in [2.05, 4.69) is 5.32 Å². The molecule has 0 bridgehead atoms. The molecular formula is C18H12Cl2FNO3S2. The lowest BCUT2D eigenvalue weighted by molar-refractivity contribution is 0.102. The number of carbonyl (C=O) groups is 1. The van der Waals surface area contributed by atoms with Gasteiger partial charge in [-0.3, -0.25) is 4.79 Å². The summed E-state index contributed by atoms with van der Waals surface area (Å²) >= 11 is 12.8. The first kappa shape index (κ1) is 19.8. The third-order valence-electron chi connectivity index (χ3n) is 3.61. The van der Waals surface area contributed by atoms with Gasteiger partial charge in [-0.2, -0.15) is 0 Å². The van der Waals surface area contributed by atoms with Crippen molar-refractivity contribution < 1.29 is 17.6 Å². The molecule has 0 saturated heterocycles. The van der Waals surface area contributed by atoms with Crippen molar-refractivity contribution in [1.29, 1.82) is 0 Å². The smallest absolute Gasteiger partial charge is 0.267 e. The van der Waals surface area contributed by atoms with Crippen LogP contribution >= 0.6 is 34.5 Å². The third-order valence-corrected chi connectivity index (χ3v) is 7.12. The molecule has 2 aromatic carbocycles. The SMILES string of the molecule is O=C(Nc1ccc(F)cc1)c1sccc1S(=O)(=O)Cc1ccc(Cl)c(Cl)c1. The van der Waals surface area contributed by atoms with E-state index in [4.69, 9.17) is 23.2 Å². The van der Waals surface area contributed by atoms with Crippen molar-refractivity contribution in [3.63, 3.8) is 0 Å². The number of carbonyl (C=O) groups excluding carboxylic acids is 1. The molecule has 1 amide bonds. The molecule has 0 saturated carbocycles. The number of hydrogen-bond acceptors (Lipinski definition) is 4. The lowest BCUT2D eigenvalue weighted by Crippen LogP contribution is -2.15. The first-order chi connectivity index (χ1) is 12.8. The summed E-state index contributed by atoms with van der Waals surface area (Å²) in [5.74, 6) is -1.34. The summed E-state index contributed by atoms with van der Waals surface area (Å²) in [5.41, 5.74) is 0.822. The molecule has 4 nitrogen and oxygen atoms in total. The number of sulfone groups is 1. The Hall–Kier alpha value is -1.93. The summed E-state index contributed by atoms with van der Waals surface area (Å²) in [6, 6.07) is 11.1. The van der Waals surface area contributed by atoms with Gasteiger partial charge in [-0.15, -0.1) is 11.3 Å². The number of benzene rings is 2. The lowest BCUT2D eigenvalue weighted by Gasteiger charge is -2.08. The minimum atomic E-state index is -3.79. The fourth-order valence-corrected chi connectivity index (χ4v) is 5.39. The first-order valence-corrected chi connectivity index (χ1v) is 10.9. The van der Waals surface area contributed by atoms with E-state index in [1.54, 1.807) is 6.07 Å². The van der Waals surface area contributed by atoms with Crippen LogP contribution in [0, 0.1) is 5.82 Å². The fraction of sp³-hybridized carbons (Fsp3) is 0.0556. The standard InChI is InChI=1S/C18H12Cl2FNO3S2/c19-14-6-1-11(9-15(14)20)10-27(24,25)16-7-8-26-17(16)18(23)22-13-4-2-12(21)3-5-13/h1-9H,10H2,(H,22,23). The van der Waals surface area contributed by atoms with E-state index in [1.807, 2.05) is 0 Å². The highest BCUT2D eigenvalue weighted by atomic mass is 35.5. The Bertz CT molecular complexity index is 1100. The summed E-state index contributed by atoms with van der Waals surface area (Å²) in [6.07, 6.45) is 0. The Kier molecular flexibility index (Phi) is 5.86. The zero-order chi connectivity index (χ0) is 19.6. The molecule has 140 valence electrons. The van der Waals surface area contributed by atoms with Crippen LogP contribution in [0.2, 0.25) is 10.0 Å². The van der Waals surface area contributed by atoms with Crippen LogP contribution in [0.1, 0.15) is 15.2 Å². The highest BCUT2D eigenvalue weighted by molar-refractivity contribution is 7.90. The number of hydrogen-bond donors (Lipinski definition) is 1. The second-order valence-corrected chi connectivity index (χ2v) is 9.27. The molecule has 27 heavy (non-hydrogen) atoms. The van der Waals surface area contributed by atoms with E-state index >= 15 is 0 Å². The molecule has 0 aliphatic carbocycles. The Labute approximate surface area is 169 Å². The number of amides is 1. The average molecular weight is 444 g/mol. The van der Waals surface area contributed by atoms with Gasteiger partial charge in [-0.25, -0.2) is 12.8 Å². The summed E-state index contributed by atoms with van der Waals surface area (Å²) in [5, 5.41) is 4.68. The monoisotopic (exact) mass is 443 g/mol. The molecule has 0 spiro atoms. The van der Waals surface area contributed by atoms with Gasteiger partial charge in [-0.05, 0) is 53.4 Å². The van der Waals surface area contributed by atoms with E-state index in [0.29, 0.717) is 16.3 Å². The van der Waals surface area contributed by atoms with Crippen LogP contribution in [0.5, 0.6) is 0 Å². The van der Waals surface area contributed by atoms with Gasteiger partial charge in [0.1, 0.15) is 10.7 Å². The summed E-state index contributed by atoms with van der Waals surface area (Å²) in [6.45, 7) is 0. The zero-order valence-corrected chi connectivity index (χ0v) is 16.7. The second-order valence-electron chi connectivity index (χ2n) is 5.58. The highest BCUT2D eigenvalue weighted by Crippen LogP contribution is 2.28.